The zero-order chi connectivity index (χ0) is 16.7. The molecule has 6 heteroatoms. The molecule has 1 atom stereocenters. The highest BCUT2D eigenvalue weighted by molar-refractivity contribution is 6.16. The standard InChI is InChI=1S/C15H26O6/c1-4-7-11(17)14(20,10-16)15(21,12(18)8-5-2)13(19)9-6-3/h16,20-21H,4-10H2,1-3H3. The van der Waals surface area contributed by atoms with Crippen LogP contribution in [-0.2, 0) is 14.4 Å². The average Bonchev–Trinajstić information content (AvgIpc) is 2.45. The van der Waals surface area contributed by atoms with Crippen LogP contribution in [0.15, 0.2) is 0 Å². The van der Waals surface area contributed by atoms with Gasteiger partial charge in [0.05, 0.1) is 6.61 Å². The minimum Gasteiger partial charge on any atom is -0.393 e. The molecule has 0 rings (SSSR count). The van der Waals surface area contributed by atoms with Crippen LogP contribution in [0.4, 0.5) is 0 Å². The van der Waals surface area contributed by atoms with Crippen LogP contribution in [-0.4, -0.2) is 50.5 Å². The van der Waals surface area contributed by atoms with Crippen molar-refractivity contribution >= 4 is 17.3 Å². The van der Waals surface area contributed by atoms with E-state index in [1.807, 2.05) is 0 Å². The van der Waals surface area contributed by atoms with Crippen LogP contribution in [0.1, 0.15) is 59.3 Å². The van der Waals surface area contributed by atoms with Gasteiger partial charge in [-0.3, -0.25) is 14.4 Å². The second-order valence-electron chi connectivity index (χ2n) is 5.25. The molecule has 3 N–H and O–H groups in total. The largest absolute Gasteiger partial charge is 0.393 e. The zero-order valence-electron chi connectivity index (χ0n) is 13.0. The fraction of sp³-hybridized carbons (Fsp3) is 0.800. The summed E-state index contributed by atoms with van der Waals surface area (Å²) in [7, 11) is 0. The maximum Gasteiger partial charge on any atom is 0.219 e. The first-order chi connectivity index (χ1) is 9.75. The zero-order valence-corrected chi connectivity index (χ0v) is 13.0. The normalized spacial score (nSPS) is 14.6. The molecule has 0 aromatic carbocycles. The van der Waals surface area contributed by atoms with Crippen LogP contribution >= 0.6 is 0 Å². The van der Waals surface area contributed by atoms with Crippen molar-refractivity contribution in [3.63, 3.8) is 0 Å². The fourth-order valence-corrected chi connectivity index (χ4v) is 2.27. The van der Waals surface area contributed by atoms with Gasteiger partial charge in [-0.2, -0.15) is 0 Å². The average molecular weight is 302 g/mol. The second kappa shape index (κ2) is 8.36. The third-order valence-corrected chi connectivity index (χ3v) is 3.53. The molecular formula is C15H26O6. The van der Waals surface area contributed by atoms with E-state index in [0.29, 0.717) is 19.3 Å². The summed E-state index contributed by atoms with van der Waals surface area (Å²) in [5.41, 5.74) is -5.65. The number of rotatable bonds is 11. The molecule has 6 nitrogen and oxygen atoms in total. The minimum atomic E-state index is -2.87. The Balaban J connectivity index is 5.89. The Morgan fingerprint density at radius 3 is 1.38 bits per heavy atom. The van der Waals surface area contributed by atoms with Crippen LogP contribution in [0.2, 0.25) is 0 Å². The van der Waals surface area contributed by atoms with Gasteiger partial charge in [-0.25, -0.2) is 0 Å². The lowest BCUT2D eigenvalue weighted by Gasteiger charge is -2.39. The molecular weight excluding hydrogens is 276 g/mol. The van der Waals surface area contributed by atoms with Crippen molar-refractivity contribution < 1.29 is 29.7 Å². The molecule has 0 spiro atoms. The molecule has 0 fully saturated rings. The molecule has 0 aliphatic carbocycles. The topological polar surface area (TPSA) is 112 Å². The Bertz CT molecular complexity index is 372. The molecule has 0 aromatic rings. The Hall–Kier alpha value is -1.11. The molecule has 0 saturated heterocycles. The van der Waals surface area contributed by atoms with Gasteiger partial charge in [-0.1, -0.05) is 20.8 Å². The number of hydrogen-bond acceptors (Lipinski definition) is 6. The third-order valence-electron chi connectivity index (χ3n) is 3.53. The lowest BCUT2D eigenvalue weighted by Crippen LogP contribution is -2.69. The van der Waals surface area contributed by atoms with E-state index in [4.69, 9.17) is 0 Å². The summed E-state index contributed by atoms with van der Waals surface area (Å²) in [5, 5.41) is 30.5. The van der Waals surface area contributed by atoms with E-state index >= 15 is 0 Å². The number of carbonyl (C=O) groups is 3. The van der Waals surface area contributed by atoms with E-state index < -0.39 is 35.2 Å². The molecule has 21 heavy (non-hydrogen) atoms. The first-order valence-corrected chi connectivity index (χ1v) is 7.41. The molecule has 1 unspecified atom stereocenters. The van der Waals surface area contributed by atoms with Gasteiger partial charge in [0.1, 0.15) is 0 Å². The molecule has 0 aliphatic rings. The molecule has 122 valence electrons. The Labute approximate surface area is 125 Å². The summed E-state index contributed by atoms with van der Waals surface area (Å²) in [4.78, 5) is 36.5. The first kappa shape index (κ1) is 19.9. The summed E-state index contributed by atoms with van der Waals surface area (Å²) in [6.07, 6.45) is 0.606. The Morgan fingerprint density at radius 2 is 1.10 bits per heavy atom. The van der Waals surface area contributed by atoms with E-state index in [9.17, 15) is 29.7 Å². The van der Waals surface area contributed by atoms with E-state index in [1.165, 1.54) is 0 Å². The summed E-state index contributed by atoms with van der Waals surface area (Å²) in [5.74, 6) is -2.75. The highest BCUT2D eigenvalue weighted by Gasteiger charge is 2.61. The lowest BCUT2D eigenvalue weighted by molar-refractivity contribution is -0.194. The third kappa shape index (κ3) is 3.75. The highest BCUT2D eigenvalue weighted by atomic mass is 16.4. The van der Waals surface area contributed by atoms with Crippen LogP contribution < -0.4 is 0 Å². The van der Waals surface area contributed by atoms with Gasteiger partial charge < -0.3 is 15.3 Å². The number of aliphatic hydroxyl groups excluding tert-OH is 1. The number of aliphatic hydroxyl groups is 3. The monoisotopic (exact) mass is 302 g/mol. The number of ketones is 3. The summed E-state index contributed by atoms with van der Waals surface area (Å²) < 4.78 is 0. The maximum absolute atomic E-state index is 12.2. The quantitative estimate of drug-likeness (QED) is 0.480. The molecule has 0 aromatic heterocycles. The number of carbonyl (C=O) groups excluding carboxylic acids is 3. The van der Waals surface area contributed by atoms with Crippen LogP contribution in [0, 0.1) is 0 Å². The lowest BCUT2D eigenvalue weighted by atomic mass is 9.71. The van der Waals surface area contributed by atoms with Crippen molar-refractivity contribution in [1.82, 2.24) is 0 Å². The Morgan fingerprint density at radius 1 is 0.762 bits per heavy atom. The van der Waals surface area contributed by atoms with Crippen molar-refractivity contribution in [2.75, 3.05) is 6.61 Å². The second-order valence-corrected chi connectivity index (χ2v) is 5.25. The molecule has 0 aliphatic heterocycles. The van der Waals surface area contributed by atoms with Crippen LogP contribution in [0.3, 0.4) is 0 Å². The molecule has 0 saturated carbocycles. The van der Waals surface area contributed by atoms with Crippen molar-refractivity contribution in [2.24, 2.45) is 0 Å². The van der Waals surface area contributed by atoms with Gasteiger partial charge in [-0.05, 0) is 19.3 Å². The fourth-order valence-electron chi connectivity index (χ4n) is 2.27. The van der Waals surface area contributed by atoms with E-state index in [2.05, 4.69) is 0 Å². The van der Waals surface area contributed by atoms with Gasteiger partial charge >= 0.3 is 0 Å². The van der Waals surface area contributed by atoms with Gasteiger partial charge in [-0.15, -0.1) is 0 Å². The summed E-state index contributed by atoms with van der Waals surface area (Å²) >= 11 is 0. The van der Waals surface area contributed by atoms with E-state index in [-0.39, 0.29) is 19.3 Å². The minimum absolute atomic E-state index is 0.141. The van der Waals surface area contributed by atoms with Gasteiger partial charge in [0.15, 0.2) is 23.0 Å². The van der Waals surface area contributed by atoms with Crippen molar-refractivity contribution in [3.8, 4) is 0 Å². The van der Waals surface area contributed by atoms with Crippen LogP contribution in [0.25, 0.3) is 0 Å². The molecule has 0 radical (unpaired) electrons. The van der Waals surface area contributed by atoms with E-state index in [1.54, 1.807) is 20.8 Å². The molecule has 0 heterocycles. The van der Waals surface area contributed by atoms with Gasteiger partial charge in [0, 0.05) is 19.3 Å². The molecule has 0 amide bonds. The Kier molecular flexibility index (Phi) is 7.92. The molecule has 0 bridgehead atoms. The van der Waals surface area contributed by atoms with Gasteiger partial charge in [0.2, 0.25) is 5.60 Å². The van der Waals surface area contributed by atoms with Crippen LogP contribution in [0.5, 0.6) is 0 Å². The maximum atomic E-state index is 12.2. The van der Waals surface area contributed by atoms with Gasteiger partial charge in [0.25, 0.3) is 0 Å². The summed E-state index contributed by atoms with van der Waals surface area (Å²) in [6.45, 7) is 3.85. The van der Waals surface area contributed by atoms with E-state index in [0.717, 1.165) is 0 Å². The van der Waals surface area contributed by atoms with Crippen molar-refractivity contribution in [1.29, 1.82) is 0 Å². The summed E-state index contributed by atoms with van der Waals surface area (Å²) in [6, 6.07) is 0. The number of hydrogen-bond donors (Lipinski definition) is 3. The van der Waals surface area contributed by atoms with Crippen molar-refractivity contribution in [2.45, 2.75) is 70.5 Å². The van der Waals surface area contributed by atoms with Crippen molar-refractivity contribution in [3.05, 3.63) is 0 Å². The smallest absolute Gasteiger partial charge is 0.219 e. The highest BCUT2D eigenvalue weighted by Crippen LogP contribution is 2.30. The number of Topliss-reactive ketones (excluding diaryl/α,β-unsaturated/α-hetero) is 3. The first-order valence-electron chi connectivity index (χ1n) is 7.41. The SMILES string of the molecule is CCCC(=O)C(O)(CO)C(O)(C(=O)CCC)C(=O)CCC. The predicted octanol–water partition coefficient (Wildman–Crippen LogP) is 0.548. The predicted molar refractivity (Wildman–Crippen MR) is 76.7 cm³/mol.